The van der Waals surface area contributed by atoms with Crippen LogP contribution in [-0.4, -0.2) is 78.4 Å². The van der Waals surface area contributed by atoms with E-state index in [2.05, 4.69) is 4.90 Å². The van der Waals surface area contributed by atoms with E-state index >= 15 is 0 Å². The highest BCUT2D eigenvalue weighted by molar-refractivity contribution is 5.85. The molecule has 8 heteroatoms. The fraction of sp³-hybridized carbons (Fsp3) is 0.895. The third-order valence-electron chi connectivity index (χ3n) is 7.02. The quantitative estimate of drug-likeness (QED) is 0.747. The zero-order valence-electron chi connectivity index (χ0n) is 16.1. The van der Waals surface area contributed by atoms with Gasteiger partial charge in [0.25, 0.3) is 0 Å². The molecule has 4 atom stereocenters. The van der Waals surface area contributed by atoms with Crippen LogP contribution in [0.15, 0.2) is 0 Å². The Kier molecular flexibility index (Phi) is 8.22. The number of hydrogen-bond acceptors (Lipinski definition) is 4. The van der Waals surface area contributed by atoms with Crippen LogP contribution in [-0.2, 0) is 9.59 Å². The zero-order valence-corrected chi connectivity index (χ0v) is 17.7. The smallest absolute Gasteiger partial charge is 0.236 e. The number of halogens is 2. The van der Waals surface area contributed by atoms with Crippen LogP contribution in [0.4, 0.5) is 0 Å². The maximum absolute atomic E-state index is 12.9. The molecule has 2 heterocycles. The summed E-state index contributed by atoms with van der Waals surface area (Å²) < 4.78 is 0. The first-order chi connectivity index (χ1) is 12.1. The van der Waals surface area contributed by atoms with Gasteiger partial charge in [0, 0.05) is 45.3 Å². The van der Waals surface area contributed by atoms with Gasteiger partial charge < -0.3 is 15.5 Å². The van der Waals surface area contributed by atoms with Crippen molar-refractivity contribution < 1.29 is 9.59 Å². The molecule has 4 aliphatic rings. The molecule has 4 fully saturated rings. The van der Waals surface area contributed by atoms with E-state index in [-0.39, 0.29) is 48.6 Å². The first kappa shape index (κ1) is 22.7. The predicted octanol–water partition coefficient (Wildman–Crippen LogP) is 1.36. The van der Waals surface area contributed by atoms with E-state index in [1.54, 1.807) is 0 Å². The number of hydrogen-bond donors (Lipinski definition) is 1. The molecule has 0 spiro atoms. The molecule has 2 aliphatic carbocycles. The van der Waals surface area contributed by atoms with Gasteiger partial charge in [-0.25, -0.2) is 0 Å². The Balaban J connectivity index is 0.00000131. The van der Waals surface area contributed by atoms with Crippen LogP contribution >= 0.6 is 24.8 Å². The normalized spacial score (nSPS) is 33.4. The molecule has 4 rings (SSSR count). The van der Waals surface area contributed by atoms with E-state index in [1.165, 1.54) is 19.3 Å². The molecule has 0 aromatic heterocycles. The van der Waals surface area contributed by atoms with Crippen LogP contribution in [0.25, 0.3) is 0 Å². The molecule has 2 saturated carbocycles. The second-order valence-corrected chi connectivity index (χ2v) is 8.48. The van der Waals surface area contributed by atoms with Gasteiger partial charge in [-0.1, -0.05) is 0 Å². The Morgan fingerprint density at radius 3 is 2.04 bits per heavy atom. The van der Waals surface area contributed by atoms with Crippen molar-refractivity contribution >= 4 is 36.6 Å². The fourth-order valence-electron chi connectivity index (χ4n) is 5.47. The highest BCUT2D eigenvalue weighted by atomic mass is 35.5. The number of amides is 2. The molecule has 6 nitrogen and oxygen atoms in total. The summed E-state index contributed by atoms with van der Waals surface area (Å²) in [5, 5.41) is 0. The zero-order chi connectivity index (χ0) is 17.4. The Bertz CT molecular complexity index is 520. The molecule has 2 amide bonds. The molecule has 4 unspecified atom stereocenters. The van der Waals surface area contributed by atoms with Crippen LogP contribution in [0.2, 0.25) is 0 Å². The van der Waals surface area contributed by atoms with Gasteiger partial charge in [0.1, 0.15) is 0 Å². The lowest BCUT2D eigenvalue weighted by Crippen LogP contribution is -2.55. The van der Waals surface area contributed by atoms with Crippen molar-refractivity contribution in [1.82, 2.24) is 14.7 Å². The van der Waals surface area contributed by atoms with Crippen molar-refractivity contribution in [3.63, 3.8) is 0 Å². The number of nitrogens with two attached hydrogens (primary N) is 1. The minimum absolute atomic E-state index is 0. The SMILES string of the molecule is Cl.Cl.NC1C2CCC(C2)C1C(=O)N1CCN(CC(=O)N2CCCCC2)CC1. The van der Waals surface area contributed by atoms with Crippen LogP contribution in [0.5, 0.6) is 0 Å². The van der Waals surface area contributed by atoms with Gasteiger partial charge in [0.05, 0.1) is 12.5 Å². The second kappa shape index (κ2) is 9.77. The molecule has 2 aliphatic heterocycles. The lowest BCUT2D eigenvalue weighted by Gasteiger charge is -2.39. The van der Waals surface area contributed by atoms with Gasteiger partial charge in [0.15, 0.2) is 0 Å². The number of piperidine rings is 1. The molecule has 27 heavy (non-hydrogen) atoms. The van der Waals surface area contributed by atoms with E-state index < -0.39 is 0 Å². The first-order valence-corrected chi connectivity index (χ1v) is 10.2. The summed E-state index contributed by atoms with van der Waals surface area (Å²) in [5.41, 5.74) is 6.34. The van der Waals surface area contributed by atoms with Crippen molar-refractivity contribution in [3.05, 3.63) is 0 Å². The van der Waals surface area contributed by atoms with Gasteiger partial charge >= 0.3 is 0 Å². The molecule has 0 aromatic carbocycles. The highest BCUT2D eigenvalue weighted by Gasteiger charge is 2.50. The van der Waals surface area contributed by atoms with Crippen molar-refractivity contribution in [2.75, 3.05) is 45.8 Å². The number of rotatable bonds is 3. The molecule has 156 valence electrons. The molecular weight excluding hydrogens is 387 g/mol. The summed E-state index contributed by atoms with van der Waals surface area (Å²) in [6.45, 7) is 5.44. The summed E-state index contributed by atoms with van der Waals surface area (Å²) in [6.07, 6.45) is 7.06. The van der Waals surface area contributed by atoms with Crippen LogP contribution in [0.1, 0.15) is 38.5 Å². The second-order valence-electron chi connectivity index (χ2n) is 8.48. The molecule has 2 bridgehead atoms. The Labute approximate surface area is 175 Å². The van der Waals surface area contributed by atoms with E-state index in [0.717, 1.165) is 58.5 Å². The van der Waals surface area contributed by atoms with Crippen molar-refractivity contribution in [2.24, 2.45) is 23.5 Å². The topological polar surface area (TPSA) is 69.9 Å². The summed E-state index contributed by atoms with van der Waals surface area (Å²) in [7, 11) is 0. The fourth-order valence-corrected chi connectivity index (χ4v) is 5.47. The van der Waals surface area contributed by atoms with Gasteiger partial charge in [-0.2, -0.15) is 0 Å². The monoisotopic (exact) mass is 420 g/mol. The maximum Gasteiger partial charge on any atom is 0.236 e. The van der Waals surface area contributed by atoms with E-state index in [0.29, 0.717) is 18.4 Å². The third kappa shape index (κ3) is 4.72. The molecule has 2 saturated heterocycles. The van der Waals surface area contributed by atoms with Crippen LogP contribution in [0.3, 0.4) is 0 Å². The average molecular weight is 421 g/mol. The maximum atomic E-state index is 12.9. The summed E-state index contributed by atoms with van der Waals surface area (Å²) in [6, 6.07) is 0.0740. The van der Waals surface area contributed by atoms with Crippen LogP contribution in [0, 0.1) is 17.8 Å². The summed E-state index contributed by atoms with van der Waals surface area (Å²) >= 11 is 0. The van der Waals surface area contributed by atoms with E-state index in [1.807, 2.05) is 9.80 Å². The molecular formula is C19H34Cl2N4O2. The minimum Gasteiger partial charge on any atom is -0.342 e. The van der Waals surface area contributed by atoms with Gasteiger partial charge in [0.2, 0.25) is 11.8 Å². The highest BCUT2D eigenvalue weighted by Crippen LogP contribution is 2.48. The largest absolute Gasteiger partial charge is 0.342 e. The first-order valence-electron chi connectivity index (χ1n) is 10.2. The van der Waals surface area contributed by atoms with Crippen LogP contribution < -0.4 is 5.73 Å². The number of piperazine rings is 1. The molecule has 2 N–H and O–H groups in total. The standard InChI is InChI=1S/C19H32N4O2.2ClH/c20-18-15-5-4-14(12-15)17(18)19(25)23-10-8-21(9-11-23)13-16(24)22-6-2-1-3-7-22;;/h14-15,17-18H,1-13,20H2;2*1H. The summed E-state index contributed by atoms with van der Waals surface area (Å²) in [4.78, 5) is 31.6. The minimum atomic E-state index is 0. The third-order valence-corrected chi connectivity index (χ3v) is 7.02. The Hall–Kier alpha value is -0.560. The van der Waals surface area contributed by atoms with Gasteiger partial charge in [-0.15, -0.1) is 24.8 Å². The number of nitrogens with zero attached hydrogens (tertiary/aromatic N) is 3. The summed E-state index contributed by atoms with van der Waals surface area (Å²) in [5.74, 6) is 1.69. The van der Waals surface area contributed by atoms with E-state index in [4.69, 9.17) is 5.73 Å². The van der Waals surface area contributed by atoms with Gasteiger partial charge in [-0.3, -0.25) is 14.5 Å². The van der Waals surface area contributed by atoms with Crippen molar-refractivity contribution in [3.8, 4) is 0 Å². The Morgan fingerprint density at radius 1 is 0.815 bits per heavy atom. The predicted molar refractivity (Wildman–Crippen MR) is 110 cm³/mol. The Morgan fingerprint density at radius 2 is 1.44 bits per heavy atom. The molecule has 0 aromatic rings. The number of carbonyl (C=O) groups excluding carboxylic acids is 2. The van der Waals surface area contributed by atoms with Crippen molar-refractivity contribution in [1.29, 1.82) is 0 Å². The average Bonchev–Trinajstić information content (AvgIpc) is 3.24. The van der Waals surface area contributed by atoms with Gasteiger partial charge in [-0.05, 0) is 50.4 Å². The lowest BCUT2D eigenvalue weighted by molar-refractivity contribution is -0.140. The lowest BCUT2D eigenvalue weighted by atomic mass is 9.84. The number of fused-ring (bicyclic) bond motifs is 2. The number of likely N-dealkylation sites (tertiary alicyclic amines) is 1. The van der Waals surface area contributed by atoms with E-state index in [9.17, 15) is 9.59 Å². The number of carbonyl (C=O) groups is 2. The molecule has 0 radical (unpaired) electrons. The van der Waals surface area contributed by atoms with Crippen molar-refractivity contribution in [2.45, 2.75) is 44.6 Å².